The lowest BCUT2D eigenvalue weighted by Gasteiger charge is -2.15. The normalized spacial score (nSPS) is 14.6. The van der Waals surface area contributed by atoms with Gasteiger partial charge in [0.1, 0.15) is 17.0 Å². The van der Waals surface area contributed by atoms with Crippen molar-refractivity contribution in [2.45, 2.75) is 19.3 Å². The molecule has 130 valence electrons. The summed E-state index contributed by atoms with van der Waals surface area (Å²) in [6.45, 7) is 0.346. The van der Waals surface area contributed by atoms with Gasteiger partial charge in [0, 0.05) is 6.54 Å². The van der Waals surface area contributed by atoms with Crippen LogP contribution >= 0.6 is 0 Å². The molecule has 0 atom stereocenters. The lowest BCUT2D eigenvalue weighted by molar-refractivity contribution is -0.134. The van der Waals surface area contributed by atoms with E-state index in [-0.39, 0.29) is 17.4 Å². The standard InChI is InChI=1S/C19H18F2N2O2/c20-14-7-5-13(6-8-14)9-12-22-17(24)19(10-11-19)18(25)23-16-4-2-1-3-15(16)21/h1-8H,9-12H2,(H,22,24)(H,23,25). The van der Waals surface area contributed by atoms with Gasteiger partial charge >= 0.3 is 0 Å². The first-order chi connectivity index (χ1) is 12.0. The molecule has 3 rings (SSSR count). The minimum atomic E-state index is -1.12. The molecule has 1 fully saturated rings. The molecular formula is C19H18F2N2O2. The molecule has 0 unspecified atom stereocenters. The maximum absolute atomic E-state index is 13.6. The van der Waals surface area contributed by atoms with Gasteiger partial charge in [-0.05, 0) is 49.1 Å². The number of rotatable bonds is 6. The molecule has 0 spiro atoms. The minimum Gasteiger partial charge on any atom is -0.355 e. The Morgan fingerprint density at radius 3 is 2.28 bits per heavy atom. The second-order valence-electron chi connectivity index (χ2n) is 6.15. The Morgan fingerprint density at radius 2 is 1.64 bits per heavy atom. The maximum atomic E-state index is 13.6. The summed E-state index contributed by atoms with van der Waals surface area (Å²) in [6, 6.07) is 11.9. The number of para-hydroxylation sites is 1. The van der Waals surface area contributed by atoms with Gasteiger partial charge in [0.05, 0.1) is 5.69 Å². The number of benzene rings is 2. The Morgan fingerprint density at radius 1 is 0.960 bits per heavy atom. The molecule has 1 aliphatic carbocycles. The Kier molecular flexibility index (Phi) is 4.79. The molecule has 0 radical (unpaired) electrons. The van der Waals surface area contributed by atoms with Crippen LogP contribution in [0.5, 0.6) is 0 Å². The zero-order valence-corrected chi connectivity index (χ0v) is 13.5. The smallest absolute Gasteiger partial charge is 0.240 e. The summed E-state index contributed by atoms with van der Waals surface area (Å²) in [4.78, 5) is 24.7. The SMILES string of the molecule is O=C(NCCc1ccc(F)cc1)C1(C(=O)Nc2ccccc2F)CC1. The predicted octanol–water partition coefficient (Wildman–Crippen LogP) is 3.04. The average Bonchev–Trinajstić information content (AvgIpc) is 3.40. The molecule has 2 amide bonds. The first-order valence-electron chi connectivity index (χ1n) is 8.10. The number of nitrogens with one attached hydrogen (secondary N) is 2. The van der Waals surface area contributed by atoms with Crippen molar-refractivity contribution < 1.29 is 18.4 Å². The van der Waals surface area contributed by atoms with Crippen LogP contribution in [0.15, 0.2) is 48.5 Å². The molecule has 0 heterocycles. The van der Waals surface area contributed by atoms with Crippen molar-refractivity contribution in [1.29, 1.82) is 0 Å². The van der Waals surface area contributed by atoms with Crippen LogP contribution in [0.4, 0.5) is 14.5 Å². The average molecular weight is 344 g/mol. The van der Waals surface area contributed by atoms with Crippen LogP contribution in [-0.4, -0.2) is 18.4 Å². The van der Waals surface area contributed by atoms with Crippen LogP contribution in [0.2, 0.25) is 0 Å². The molecule has 0 bridgehead atoms. The molecule has 1 aliphatic rings. The molecule has 0 aromatic heterocycles. The van der Waals surface area contributed by atoms with Gasteiger partial charge in [-0.15, -0.1) is 0 Å². The quantitative estimate of drug-likeness (QED) is 0.792. The molecule has 2 aromatic carbocycles. The highest BCUT2D eigenvalue weighted by atomic mass is 19.1. The largest absolute Gasteiger partial charge is 0.355 e. The van der Waals surface area contributed by atoms with Crippen LogP contribution in [0.25, 0.3) is 0 Å². The maximum Gasteiger partial charge on any atom is 0.240 e. The van der Waals surface area contributed by atoms with Crippen LogP contribution in [0, 0.1) is 17.0 Å². The van der Waals surface area contributed by atoms with Crippen molar-refractivity contribution >= 4 is 17.5 Å². The molecule has 2 aromatic rings. The van der Waals surface area contributed by atoms with Crippen molar-refractivity contribution in [3.05, 3.63) is 65.7 Å². The van der Waals surface area contributed by atoms with E-state index in [4.69, 9.17) is 0 Å². The zero-order chi connectivity index (χ0) is 17.9. The van der Waals surface area contributed by atoms with Gasteiger partial charge in [-0.2, -0.15) is 0 Å². The van der Waals surface area contributed by atoms with E-state index in [1.165, 1.54) is 30.3 Å². The highest BCUT2D eigenvalue weighted by molar-refractivity contribution is 6.13. The van der Waals surface area contributed by atoms with Gasteiger partial charge in [-0.25, -0.2) is 8.78 Å². The molecular weight excluding hydrogens is 326 g/mol. The van der Waals surface area contributed by atoms with Crippen molar-refractivity contribution in [2.75, 3.05) is 11.9 Å². The van der Waals surface area contributed by atoms with E-state index in [0.717, 1.165) is 5.56 Å². The van der Waals surface area contributed by atoms with Crippen molar-refractivity contribution in [3.63, 3.8) is 0 Å². The van der Waals surface area contributed by atoms with Crippen LogP contribution in [0.1, 0.15) is 18.4 Å². The van der Waals surface area contributed by atoms with Crippen molar-refractivity contribution in [1.82, 2.24) is 5.32 Å². The van der Waals surface area contributed by atoms with E-state index in [1.54, 1.807) is 18.2 Å². The summed E-state index contributed by atoms with van der Waals surface area (Å²) in [5.41, 5.74) is -0.161. The van der Waals surface area contributed by atoms with E-state index in [0.29, 0.717) is 25.8 Å². The van der Waals surface area contributed by atoms with Gasteiger partial charge in [-0.3, -0.25) is 9.59 Å². The van der Waals surface area contributed by atoms with Gasteiger partial charge in [0.2, 0.25) is 11.8 Å². The van der Waals surface area contributed by atoms with E-state index in [9.17, 15) is 18.4 Å². The van der Waals surface area contributed by atoms with Gasteiger partial charge in [-0.1, -0.05) is 24.3 Å². The molecule has 1 saturated carbocycles. The van der Waals surface area contributed by atoms with Crippen molar-refractivity contribution in [2.24, 2.45) is 5.41 Å². The summed E-state index contributed by atoms with van der Waals surface area (Å²) < 4.78 is 26.5. The lowest BCUT2D eigenvalue weighted by Crippen LogP contribution is -2.40. The fourth-order valence-electron chi connectivity index (χ4n) is 2.63. The third-order valence-corrected chi connectivity index (χ3v) is 4.35. The second kappa shape index (κ2) is 7.01. The van der Waals surface area contributed by atoms with E-state index >= 15 is 0 Å². The molecule has 6 heteroatoms. The highest BCUT2D eigenvalue weighted by Gasteiger charge is 2.56. The third kappa shape index (κ3) is 3.84. The van der Waals surface area contributed by atoms with Gasteiger partial charge in [0.15, 0.2) is 0 Å². The van der Waals surface area contributed by atoms with Crippen LogP contribution in [-0.2, 0) is 16.0 Å². The lowest BCUT2D eigenvalue weighted by atomic mass is 10.0. The molecule has 0 saturated heterocycles. The summed E-state index contributed by atoms with van der Waals surface area (Å²) in [5.74, 6) is -1.70. The summed E-state index contributed by atoms with van der Waals surface area (Å²) >= 11 is 0. The number of hydrogen-bond donors (Lipinski definition) is 2. The topological polar surface area (TPSA) is 58.2 Å². The number of halogens is 2. The monoisotopic (exact) mass is 344 g/mol. The zero-order valence-electron chi connectivity index (χ0n) is 13.5. The van der Waals surface area contributed by atoms with Crippen LogP contribution in [0.3, 0.4) is 0 Å². The third-order valence-electron chi connectivity index (χ3n) is 4.35. The summed E-state index contributed by atoms with van der Waals surface area (Å²) in [7, 11) is 0. The van der Waals surface area contributed by atoms with Crippen molar-refractivity contribution in [3.8, 4) is 0 Å². The summed E-state index contributed by atoms with van der Waals surface area (Å²) in [6.07, 6.45) is 1.42. The van der Waals surface area contributed by atoms with E-state index in [1.807, 2.05) is 0 Å². The molecule has 4 nitrogen and oxygen atoms in total. The Labute approximate surface area is 144 Å². The second-order valence-corrected chi connectivity index (χ2v) is 6.15. The number of anilines is 1. The van der Waals surface area contributed by atoms with E-state index in [2.05, 4.69) is 10.6 Å². The Bertz CT molecular complexity index is 786. The predicted molar refractivity (Wildman–Crippen MR) is 89.8 cm³/mol. The highest BCUT2D eigenvalue weighted by Crippen LogP contribution is 2.46. The molecule has 0 aliphatic heterocycles. The van der Waals surface area contributed by atoms with Gasteiger partial charge < -0.3 is 10.6 Å². The Balaban J connectivity index is 1.55. The number of carbonyl (C=O) groups is 2. The number of amides is 2. The fourth-order valence-corrected chi connectivity index (χ4v) is 2.63. The number of carbonyl (C=O) groups excluding carboxylic acids is 2. The first-order valence-corrected chi connectivity index (χ1v) is 8.10. The number of hydrogen-bond acceptors (Lipinski definition) is 2. The Hall–Kier alpha value is -2.76. The molecule has 2 N–H and O–H groups in total. The van der Waals surface area contributed by atoms with E-state index < -0.39 is 17.1 Å². The fraction of sp³-hybridized carbons (Fsp3) is 0.263. The van der Waals surface area contributed by atoms with Crippen LogP contribution < -0.4 is 10.6 Å². The summed E-state index contributed by atoms with van der Waals surface area (Å²) in [5, 5.41) is 5.23. The first kappa shape index (κ1) is 17.1. The molecule has 25 heavy (non-hydrogen) atoms. The van der Waals surface area contributed by atoms with Gasteiger partial charge in [0.25, 0.3) is 0 Å². The minimum absolute atomic E-state index is 0.0675.